The van der Waals surface area contributed by atoms with Gasteiger partial charge in [-0.15, -0.1) is 0 Å². The van der Waals surface area contributed by atoms with Crippen LogP contribution in [0.15, 0.2) is 12.2 Å². The molecule has 0 saturated carbocycles. The van der Waals surface area contributed by atoms with Crippen LogP contribution in [0.4, 0.5) is 0 Å². The molecular formula is C9H13NO4. The van der Waals surface area contributed by atoms with Crippen LogP contribution in [0, 0.1) is 0 Å². The van der Waals surface area contributed by atoms with Crippen LogP contribution in [-0.2, 0) is 14.3 Å². The second kappa shape index (κ2) is 4.23. The number of nitrogens with one attached hydrogen (secondary N) is 1. The van der Waals surface area contributed by atoms with Gasteiger partial charge in [0, 0.05) is 0 Å². The van der Waals surface area contributed by atoms with Gasteiger partial charge in [-0.1, -0.05) is 12.2 Å². The molecule has 0 fully saturated rings. The summed E-state index contributed by atoms with van der Waals surface area (Å²) < 4.78 is 4.60. The molecule has 0 aromatic carbocycles. The molecule has 0 heterocycles. The maximum absolute atomic E-state index is 11.4. The average molecular weight is 199 g/mol. The van der Waals surface area contributed by atoms with Gasteiger partial charge in [0.25, 0.3) is 0 Å². The van der Waals surface area contributed by atoms with Crippen molar-refractivity contribution in [1.29, 1.82) is 0 Å². The highest BCUT2D eigenvalue weighted by Gasteiger charge is 2.40. The van der Waals surface area contributed by atoms with Gasteiger partial charge in [-0.25, -0.2) is 4.79 Å². The molecule has 1 aliphatic carbocycles. The molecule has 0 aromatic rings. The Balaban J connectivity index is 2.77. The SMILES string of the molecule is COC(=O)C1(NC(=O)CO)C=CCC1. The Morgan fingerprint density at radius 2 is 2.36 bits per heavy atom. The van der Waals surface area contributed by atoms with E-state index in [2.05, 4.69) is 10.1 Å². The van der Waals surface area contributed by atoms with E-state index in [0.29, 0.717) is 12.8 Å². The van der Waals surface area contributed by atoms with Crippen LogP contribution in [0.3, 0.4) is 0 Å². The molecule has 0 spiro atoms. The van der Waals surface area contributed by atoms with Gasteiger partial charge in [-0.05, 0) is 12.8 Å². The number of carbonyl (C=O) groups excluding carboxylic acids is 2. The second-order valence-electron chi connectivity index (χ2n) is 3.11. The molecule has 0 radical (unpaired) electrons. The quantitative estimate of drug-likeness (QED) is 0.468. The monoisotopic (exact) mass is 199 g/mol. The van der Waals surface area contributed by atoms with Gasteiger partial charge in [0.05, 0.1) is 7.11 Å². The number of methoxy groups -OCH3 is 1. The van der Waals surface area contributed by atoms with E-state index in [1.165, 1.54) is 7.11 Å². The van der Waals surface area contributed by atoms with Crippen molar-refractivity contribution in [3.05, 3.63) is 12.2 Å². The number of allylic oxidation sites excluding steroid dienone is 1. The van der Waals surface area contributed by atoms with Crippen molar-refractivity contribution in [2.45, 2.75) is 18.4 Å². The Labute approximate surface area is 81.7 Å². The van der Waals surface area contributed by atoms with Crippen LogP contribution in [0.5, 0.6) is 0 Å². The topological polar surface area (TPSA) is 75.6 Å². The Bertz CT molecular complexity index is 274. The molecule has 0 bridgehead atoms. The molecule has 0 saturated heterocycles. The molecule has 14 heavy (non-hydrogen) atoms. The normalized spacial score (nSPS) is 24.7. The van der Waals surface area contributed by atoms with E-state index in [0.717, 1.165) is 0 Å². The molecule has 1 amide bonds. The predicted octanol–water partition coefficient (Wildman–Crippen LogP) is -0.643. The fraction of sp³-hybridized carbons (Fsp3) is 0.556. The van der Waals surface area contributed by atoms with Crippen molar-refractivity contribution in [3.8, 4) is 0 Å². The minimum atomic E-state index is -1.07. The molecular weight excluding hydrogens is 186 g/mol. The van der Waals surface area contributed by atoms with Crippen molar-refractivity contribution >= 4 is 11.9 Å². The van der Waals surface area contributed by atoms with E-state index < -0.39 is 24.0 Å². The highest BCUT2D eigenvalue weighted by atomic mass is 16.5. The molecule has 78 valence electrons. The van der Waals surface area contributed by atoms with E-state index in [1.54, 1.807) is 12.2 Å². The van der Waals surface area contributed by atoms with Crippen LogP contribution in [0.1, 0.15) is 12.8 Å². The first kappa shape index (κ1) is 10.7. The van der Waals surface area contributed by atoms with Crippen molar-refractivity contribution in [2.75, 3.05) is 13.7 Å². The van der Waals surface area contributed by atoms with Gasteiger partial charge in [0.1, 0.15) is 6.61 Å². The number of rotatable bonds is 3. The minimum absolute atomic E-state index is 0.478. The molecule has 1 unspecified atom stereocenters. The number of amides is 1. The summed E-state index contributed by atoms with van der Waals surface area (Å²) in [5.74, 6) is -1.09. The Morgan fingerprint density at radius 1 is 1.64 bits per heavy atom. The van der Waals surface area contributed by atoms with Crippen molar-refractivity contribution in [2.24, 2.45) is 0 Å². The van der Waals surface area contributed by atoms with Crippen LogP contribution < -0.4 is 5.32 Å². The van der Waals surface area contributed by atoms with Gasteiger partial charge in [0.15, 0.2) is 5.54 Å². The summed E-state index contributed by atoms with van der Waals surface area (Å²) in [7, 11) is 1.27. The van der Waals surface area contributed by atoms with Crippen LogP contribution in [-0.4, -0.2) is 36.2 Å². The lowest BCUT2D eigenvalue weighted by Gasteiger charge is -2.25. The number of esters is 1. The number of hydrogen-bond donors (Lipinski definition) is 2. The third kappa shape index (κ3) is 1.93. The standard InChI is InChI=1S/C9H13NO4/c1-14-8(13)9(4-2-3-5-9)10-7(12)6-11/h2,4,11H,3,5-6H2,1H3,(H,10,12). The molecule has 1 atom stereocenters. The fourth-order valence-electron chi connectivity index (χ4n) is 1.47. The number of ether oxygens (including phenoxy) is 1. The summed E-state index contributed by atoms with van der Waals surface area (Å²) >= 11 is 0. The first-order valence-corrected chi connectivity index (χ1v) is 4.32. The number of carbonyl (C=O) groups is 2. The highest BCUT2D eigenvalue weighted by Crippen LogP contribution is 2.23. The Hall–Kier alpha value is -1.36. The molecule has 2 N–H and O–H groups in total. The average Bonchev–Trinajstić information content (AvgIpc) is 2.66. The summed E-state index contributed by atoms with van der Waals surface area (Å²) in [6.45, 7) is -0.632. The smallest absolute Gasteiger partial charge is 0.335 e. The van der Waals surface area contributed by atoms with E-state index in [1.807, 2.05) is 0 Å². The number of aliphatic hydroxyl groups excluding tert-OH is 1. The maximum atomic E-state index is 11.4. The lowest BCUT2D eigenvalue weighted by atomic mass is 9.99. The molecule has 1 rings (SSSR count). The Morgan fingerprint density at radius 3 is 2.79 bits per heavy atom. The zero-order chi connectivity index (χ0) is 10.6. The van der Waals surface area contributed by atoms with Gasteiger partial charge >= 0.3 is 5.97 Å². The summed E-state index contributed by atoms with van der Waals surface area (Å²) in [5, 5.41) is 11.0. The molecule has 5 nitrogen and oxygen atoms in total. The van der Waals surface area contributed by atoms with Gasteiger partial charge in [0.2, 0.25) is 5.91 Å². The number of aliphatic hydroxyl groups is 1. The molecule has 1 aliphatic rings. The van der Waals surface area contributed by atoms with Gasteiger partial charge in [-0.3, -0.25) is 4.79 Å². The maximum Gasteiger partial charge on any atom is 0.335 e. The zero-order valence-corrected chi connectivity index (χ0v) is 7.95. The lowest BCUT2D eigenvalue weighted by Crippen LogP contribution is -2.53. The number of hydrogen-bond acceptors (Lipinski definition) is 4. The van der Waals surface area contributed by atoms with E-state index in [4.69, 9.17) is 5.11 Å². The Kier molecular flexibility index (Phi) is 3.24. The van der Waals surface area contributed by atoms with Gasteiger partial charge < -0.3 is 15.2 Å². The first-order valence-electron chi connectivity index (χ1n) is 4.32. The third-order valence-electron chi connectivity index (χ3n) is 2.16. The highest BCUT2D eigenvalue weighted by molar-refractivity contribution is 5.90. The van der Waals surface area contributed by atoms with Crippen molar-refractivity contribution < 1.29 is 19.4 Å². The third-order valence-corrected chi connectivity index (χ3v) is 2.16. The lowest BCUT2D eigenvalue weighted by molar-refractivity contribution is -0.149. The second-order valence-corrected chi connectivity index (χ2v) is 3.11. The van der Waals surface area contributed by atoms with E-state index in [9.17, 15) is 9.59 Å². The minimum Gasteiger partial charge on any atom is -0.467 e. The molecule has 0 aromatic heterocycles. The largest absolute Gasteiger partial charge is 0.467 e. The van der Waals surface area contributed by atoms with E-state index >= 15 is 0 Å². The van der Waals surface area contributed by atoms with Gasteiger partial charge in [-0.2, -0.15) is 0 Å². The molecule has 0 aliphatic heterocycles. The summed E-state index contributed by atoms with van der Waals surface area (Å²) in [4.78, 5) is 22.4. The van der Waals surface area contributed by atoms with Crippen molar-refractivity contribution in [3.63, 3.8) is 0 Å². The van der Waals surface area contributed by atoms with E-state index in [-0.39, 0.29) is 0 Å². The molecule has 5 heteroatoms. The van der Waals surface area contributed by atoms with Crippen LogP contribution in [0.25, 0.3) is 0 Å². The van der Waals surface area contributed by atoms with Crippen LogP contribution >= 0.6 is 0 Å². The fourth-order valence-corrected chi connectivity index (χ4v) is 1.47. The predicted molar refractivity (Wildman–Crippen MR) is 48.3 cm³/mol. The summed E-state index contributed by atoms with van der Waals surface area (Å²) in [6.07, 6.45) is 4.59. The summed E-state index contributed by atoms with van der Waals surface area (Å²) in [5.41, 5.74) is -1.07. The van der Waals surface area contributed by atoms with Crippen LogP contribution in [0.2, 0.25) is 0 Å². The summed E-state index contributed by atoms with van der Waals surface area (Å²) in [6, 6.07) is 0. The van der Waals surface area contributed by atoms with Crippen molar-refractivity contribution in [1.82, 2.24) is 5.32 Å². The first-order chi connectivity index (χ1) is 6.64. The zero-order valence-electron chi connectivity index (χ0n) is 7.95.